The molecule has 0 aliphatic rings. The van der Waals surface area contributed by atoms with E-state index in [2.05, 4.69) is 5.32 Å². The highest BCUT2D eigenvalue weighted by molar-refractivity contribution is 5.38. The molecule has 2 rings (SSSR count). The summed E-state index contributed by atoms with van der Waals surface area (Å²) in [4.78, 5) is 0. The second kappa shape index (κ2) is 7.13. The van der Waals surface area contributed by atoms with Gasteiger partial charge in [0.05, 0.1) is 0 Å². The van der Waals surface area contributed by atoms with Gasteiger partial charge in [-0.1, -0.05) is 6.92 Å². The summed E-state index contributed by atoms with van der Waals surface area (Å²) in [5.74, 6) is -1.61. The summed E-state index contributed by atoms with van der Waals surface area (Å²) in [5, 5.41) is 3.12. The number of benzene rings is 2. The topological polar surface area (TPSA) is 21.3 Å². The van der Waals surface area contributed by atoms with Crippen LogP contribution in [0.4, 0.5) is 13.2 Å². The summed E-state index contributed by atoms with van der Waals surface area (Å²) in [6, 6.07) is 6.90. The van der Waals surface area contributed by atoms with Gasteiger partial charge in [0.1, 0.15) is 17.4 Å². The molecule has 0 radical (unpaired) electrons. The summed E-state index contributed by atoms with van der Waals surface area (Å²) < 4.78 is 45.4. The molecule has 0 heterocycles. The van der Waals surface area contributed by atoms with Gasteiger partial charge in [-0.25, -0.2) is 13.2 Å². The lowest BCUT2D eigenvalue weighted by Gasteiger charge is -2.12. The van der Waals surface area contributed by atoms with E-state index < -0.39 is 17.5 Å². The first kappa shape index (κ1) is 15.4. The molecule has 0 bridgehead atoms. The number of hydrogen-bond donors (Lipinski definition) is 1. The smallest absolute Gasteiger partial charge is 0.165 e. The fourth-order valence-corrected chi connectivity index (χ4v) is 1.86. The molecule has 2 nitrogen and oxygen atoms in total. The number of halogens is 3. The normalized spacial score (nSPS) is 10.7. The largest absolute Gasteiger partial charge is 0.454 e. The third kappa shape index (κ3) is 4.23. The van der Waals surface area contributed by atoms with E-state index in [4.69, 9.17) is 4.74 Å². The van der Waals surface area contributed by atoms with Gasteiger partial charge in [-0.2, -0.15) is 0 Å². The van der Waals surface area contributed by atoms with Crippen LogP contribution in [0.1, 0.15) is 18.9 Å². The Morgan fingerprint density at radius 2 is 1.67 bits per heavy atom. The molecule has 5 heteroatoms. The van der Waals surface area contributed by atoms with E-state index in [0.29, 0.717) is 17.9 Å². The fourth-order valence-electron chi connectivity index (χ4n) is 1.86. The average Bonchev–Trinajstić information content (AvgIpc) is 2.46. The molecule has 0 aliphatic carbocycles. The predicted molar refractivity (Wildman–Crippen MR) is 74.8 cm³/mol. The van der Waals surface area contributed by atoms with Crippen molar-refractivity contribution in [3.05, 3.63) is 59.4 Å². The van der Waals surface area contributed by atoms with E-state index in [1.165, 1.54) is 18.2 Å². The minimum atomic E-state index is -0.673. The highest BCUT2D eigenvalue weighted by Gasteiger charge is 2.10. The second-order valence-electron chi connectivity index (χ2n) is 4.61. The summed E-state index contributed by atoms with van der Waals surface area (Å²) in [6.45, 7) is 3.17. The van der Waals surface area contributed by atoms with Gasteiger partial charge in [0.15, 0.2) is 11.6 Å². The van der Waals surface area contributed by atoms with Crippen molar-refractivity contribution in [1.82, 2.24) is 5.32 Å². The van der Waals surface area contributed by atoms with Crippen LogP contribution >= 0.6 is 0 Å². The standard InChI is InChI=1S/C16H16F3NO/c1-2-7-20-10-11-8-12(17)4-6-15(11)21-16-9-13(18)3-5-14(16)19/h3-6,8-9,20H,2,7,10H2,1H3. The van der Waals surface area contributed by atoms with Gasteiger partial charge in [0.2, 0.25) is 0 Å². The summed E-state index contributed by atoms with van der Waals surface area (Å²) in [6.07, 6.45) is 0.935. The van der Waals surface area contributed by atoms with Gasteiger partial charge < -0.3 is 10.1 Å². The fraction of sp³-hybridized carbons (Fsp3) is 0.250. The third-order valence-corrected chi connectivity index (χ3v) is 2.88. The Morgan fingerprint density at radius 1 is 0.952 bits per heavy atom. The van der Waals surface area contributed by atoms with E-state index in [9.17, 15) is 13.2 Å². The second-order valence-corrected chi connectivity index (χ2v) is 4.61. The van der Waals surface area contributed by atoms with Crippen molar-refractivity contribution < 1.29 is 17.9 Å². The van der Waals surface area contributed by atoms with E-state index in [1.54, 1.807) is 0 Å². The summed E-state index contributed by atoms with van der Waals surface area (Å²) >= 11 is 0. The first-order valence-electron chi connectivity index (χ1n) is 6.72. The van der Waals surface area contributed by atoms with Crippen LogP contribution in [-0.2, 0) is 6.54 Å². The van der Waals surface area contributed by atoms with Crippen LogP contribution < -0.4 is 10.1 Å². The first-order chi connectivity index (χ1) is 10.1. The molecule has 2 aromatic rings. The molecule has 0 atom stereocenters. The van der Waals surface area contributed by atoms with Crippen molar-refractivity contribution in [3.8, 4) is 11.5 Å². The van der Waals surface area contributed by atoms with Gasteiger partial charge in [0.25, 0.3) is 0 Å². The third-order valence-electron chi connectivity index (χ3n) is 2.88. The Labute approximate surface area is 121 Å². The minimum Gasteiger partial charge on any atom is -0.454 e. The predicted octanol–water partition coefficient (Wildman–Crippen LogP) is 4.40. The van der Waals surface area contributed by atoms with Crippen LogP contribution in [0.2, 0.25) is 0 Å². The number of nitrogens with one attached hydrogen (secondary N) is 1. The van der Waals surface area contributed by atoms with Crippen LogP contribution in [0.3, 0.4) is 0 Å². The van der Waals surface area contributed by atoms with Crippen LogP contribution in [0.5, 0.6) is 11.5 Å². The maximum Gasteiger partial charge on any atom is 0.165 e. The lowest BCUT2D eigenvalue weighted by atomic mass is 10.2. The molecule has 0 aliphatic heterocycles. The van der Waals surface area contributed by atoms with Gasteiger partial charge in [-0.05, 0) is 43.3 Å². The lowest BCUT2D eigenvalue weighted by Crippen LogP contribution is -2.14. The van der Waals surface area contributed by atoms with E-state index in [0.717, 1.165) is 31.2 Å². The van der Waals surface area contributed by atoms with E-state index in [-0.39, 0.29) is 5.75 Å². The number of rotatable bonds is 6. The van der Waals surface area contributed by atoms with Crippen molar-refractivity contribution >= 4 is 0 Å². The quantitative estimate of drug-likeness (QED) is 0.798. The molecule has 0 spiro atoms. The van der Waals surface area contributed by atoms with Crippen LogP contribution in [-0.4, -0.2) is 6.54 Å². The first-order valence-corrected chi connectivity index (χ1v) is 6.72. The minimum absolute atomic E-state index is 0.224. The molecule has 0 fully saturated rings. The Morgan fingerprint density at radius 3 is 2.43 bits per heavy atom. The van der Waals surface area contributed by atoms with Crippen LogP contribution in [0, 0.1) is 17.5 Å². The van der Waals surface area contributed by atoms with Crippen molar-refractivity contribution in [2.45, 2.75) is 19.9 Å². The molecule has 112 valence electrons. The zero-order valence-corrected chi connectivity index (χ0v) is 11.6. The zero-order chi connectivity index (χ0) is 15.2. The SMILES string of the molecule is CCCNCc1cc(F)ccc1Oc1cc(F)ccc1F. The molecule has 1 N–H and O–H groups in total. The summed E-state index contributed by atoms with van der Waals surface area (Å²) in [5.41, 5.74) is 0.548. The molecule has 2 aromatic carbocycles. The number of ether oxygens (including phenoxy) is 1. The molecule has 0 amide bonds. The molecule has 0 saturated carbocycles. The van der Waals surface area contributed by atoms with Gasteiger partial charge in [0, 0.05) is 18.2 Å². The Bertz CT molecular complexity index is 616. The lowest BCUT2D eigenvalue weighted by molar-refractivity contribution is 0.429. The van der Waals surface area contributed by atoms with Gasteiger partial charge in [-0.3, -0.25) is 0 Å². The monoisotopic (exact) mass is 295 g/mol. The van der Waals surface area contributed by atoms with Crippen molar-refractivity contribution in [3.63, 3.8) is 0 Å². The van der Waals surface area contributed by atoms with E-state index in [1.807, 2.05) is 6.92 Å². The maximum atomic E-state index is 13.6. The van der Waals surface area contributed by atoms with E-state index >= 15 is 0 Å². The van der Waals surface area contributed by atoms with Crippen molar-refractivity contribution in [2.75, 3.05) is 6.54 Å². The summed E-state index contributed by atoms with van der Waals surface area (Å²) in [7, 11) is 0. The van der Waals surface area contributed by atoms with Crippen molar-refractivity contribution in [1.29, 1.82) is 0 Å². The van der Waals surface area contributed by atoms with Crippen LogP contribution in [0.25, 0.3) is 0 Å². The maximum absolute atomic E-state index is 13.6. The molecular weight excluding hydrogens is 279 g/mol. The van der Waals surface area contributed by atoms with Crippen LogP contribution in [0.15, 0.2) is 36.4 Å². The Balaban J connectivity index is 2.24. The Hall–Kier alpha value is -2.01. The molecule has 0 aromatic heterocycles. The number of hydrogen-bond acceptors (Lipinski definition) is 2. The molecule has 0 saturated heterocycles. The Kier molecular flexibility index (Phi) is 5.22. The molecular formula is C16H16F3NO. The highest BCUT2D eigenvalue weighted by Crippen LogP contribution is 2.28. The van der Waals surface area contributed by atoms with Gasteiger partial charge >= 0.3 is 0 Å². The highest BCUT2D eigenvalue weighted by atomic mass is 19.1. The van der Waals surface area contributed by atoms with Gasteiger partial charge in [-0.15, -0.1) is 0 Å². The zero-order valence-electron chi connectivity index (χ0n) is 11.6. The average molecular weight is 295 g/mol. The molecule has 21 heavy (non-hydrogen) atoms. The molecule has 0 unspecified atom stereocenters. The van der Waals surface area contributed by atoms with Crippen molar-refractivity contribution in [2.24, 2.45) is 0 Å².